The van der Waals surface area contributed by atoms with Crippen LogP contribution in [0.1, 0.15) is 0 Å². The molecule has 0 bridgehead atoms. The molecule has 0 aromatic heterocycles. The Labute approximate surface area is 93.7 Å². The number of hydrogen-bond donors (Lipinski definition) is 4. The molecule has 0 fully saturated rings. The highest BCUT2D eigenvalue weighted by Gasteiger charge is 2.10. The second-order valence-corrected chi connectivity index (χ2v) is 3.50. The van der Waals surface area contributed by atoms with Crippen molar-refractivity contribution in [1.82, 2.24) is 0 Å². The molecule has 1 unspecified atom stereocenters. The van der Waals surface area contributed by atoms with Crippen molar-refractivity contribution in [2.45, 2.75) is 6.10 Å². The average molecular weight is 229 g/mol. The lowest BCUT2D eigenvalue weighted by molar-refractivity contribution is 0.211. The molecule has 15 heavy (non-hydrogen) atoms. The van der Waals surface area contributed by atoms with E-state index >= 15 is 0 Å². The van der Waals surface area contributed by atoms with Crippen LogP contribution < -0.4 is 10.8 Å². The van der Waals surface area contributed by atoms with Crippen LogP contribution in [0.2, 0.25) is 0 Å². The number of hydrogen-bond acceptors (Lipinski definition) is 4. The molecule has 0 heterocycles. The van der Waals surface area contributed by atoms with Crippen LogP contribution in [0.4, 0.5) is 5.69 Å². The second-order valence-electron chi connectivity index (χ2n) is 3.19. The molecular weight excluding hydrogens is 216 g/mol. The van der Waals surface area contributed by atoms with E-state index in [1.54, 1.807) is 24.3 Å². The van der Waals surface area contributed by atoms with Crippen LogP contribution in [0.3, 0.4) is 0 Å². The monoisotopic (exact) mass is 229 g/mol. The molecule has 4 nitrogen and oxygen atoms in total. The highest BCUT2D eigenvalue weighted by Crippen LogP contribution is 2.04. The number of nitrogens with one attached hydrogen (secondary N) is 1. The third-order valence-electron chi connectivity index (χ3n) is 1.90. The fourth-order valence-corrected chi connectivity index (χ4v) is 1.21. The van der Waals surface area contributed by atoms with Crippen molar-refractivity contribution in [3.63, 3.8) is 0 Å². The highest BCUT2D eigenvalue weighted by molar-refractivity contribution is 6.58. The van der Waals surface area contributed by atoms with Crippen molar-refractivity contribution in [3.05, 3.63) is 24.3 Å². The zero-order valence-corrected chi connectivity index (χ0v) is 8.85. The Morgan fingerprint density at radius 3 is 2.73 bits per heavy atom. The van der Waals surface area contributed by atoms with E-state index in [4.69, 9.17) is 21.6 Å². The number of benzene rings is 1. The minimum absolute atomic E-state index is 0.162. The van der Waals surface area contributed by atoms with Crippen molar-refractivity contribution in [2.24, 2.45) is 0 Å². The van der Waals surface area contributed by atoms with Gasteiger partial charge in [0.1, 0.15) is 0 Å². The van der Waals surface area contributed by atoms with Crippen molar-refractivity contribution in [3.8, 4) is 0 Å². The predicted molar refractivity (Wildman–Crippen MR) is 61.5 cm³/mol. The van der Waals surface area contributed by atoms with Gasteiger partial charge in [-0.1, -0.05) is 12.1 Å². The van der Waals surface area contributed by atoms with E-state index in [2.05, 4.69) is 5.32 Å². The Kier molecular flexibility index (Phi) is 4.91. The van der Waals surface area contributed by atoms with Gasteiger partial charge in [0.2, 0.25) is 0 Å². The SMILES string of the molecule is OB(O)c1cccc(NCC(O)CCl)c1. The maximum Gasteiger partial charge on any atom is 0.488 e. The standard InChI is InChI=1S/C9H13BClNO3/c11-5-9(13)6-12-8-3-1-2-7(4-8)10(14)15/h1-4,9,12-15H,5-6H2. The van der Waals surface area contributed by atoms with Crippen LogP contribution in [0.5, 0.6) is 0 Å². The van der Waals surface area contributed by atoms with Crippen molar-refractivity contribution >= 4 is 29.9 Å². The van der Waals surface area contributed by atoms with Gasteiger partial charge < -0.3 is 20.5 Å². The van der Waals surface area contributed by atoms with Gasteiger partial charge in [-0.15, -0.1) is 11.6 Å². The minimum atomic E-state index is -1.48. The Hall–Kier alpha value is -0.745. The average Bonchev–Trinajstić information content (AvgIpc) is 2.26. The summed E-state index contributed by atoms with van der Waals surface area (Å²) in [6, 6.07) is 6.68. The summed E-state index contributed by atoms with van der Waals surface area (Å²) in [6.45, 7) is 0.328. The summed E-state index contributed by atoms with van der Waals surface area (Å²) in [5, 5.41) is 30.0. The smallest absolute Gasteiger partial charge is 0.423 e. The van der Waals surface area contributed by atoms with E-state index in [1.165, 1.54) is 0 Å². The van der Waals surface area contributed by atoms with Crippen molar-refractivity contribution < 1.29 is 15.2 Å². The normalized spacial score (nSPS) is 12.3. The van der Waals surface area contributed by atoms with Crippen LogP contribution >= 0.6 is 11.6 Å². The Bertz CT molecular complexity index is 311. The number of anilines is 1. The molecule has 0 amide bonds. The fourth-order valence-electron chi connectivity index (χ4n) is 1.10. The molecule has 1 rings (SSSR count). The summed E-state index contributed by atoms with van der Waals surface area (Å²) in [5.74, 6) is 0.162. The minimum Gasteiger partial charge on any atom is -0.423 e. The molecule has 0 saturated heterocycles. The summed E-state index contributed by atoms with van der Waals surface area (Å²) < 4.78 is 0. The van der Waals surface area contributed by atoms with E-state index in [1.807, 2.05) is 0 Å². The summed E-state index contributed by atoms with van der Waals surface area (Å²) in [5.41, 5.74) is 1.12. The lowest BCUT2D eigenvalue weighted by atomic mass is 9.80. The van der Waals surface area contributed by atoms with Gasteiger partial charge in [0.15, 0.2) is 0 Å². The van der Waals surface area contributed by atoms with Gasteiger partial charge in [0, 0.05) is 12.2 Å². The van der Waals surface area contributed by atoms with Crippen LogP contribution in [0.15, 0.2) is 24.3 Å². The summed E-state index contributed by atoms with van der Waals surface area (Å²) in [4.78, 5) is 0. The van der Waals surface area contributed by atoms with Gasteiger partial charge in [-0.05, 0) is 17.6 Å². The second kappa shape index (κ2) is 5.97. The Balaban J connectivity index is 2.58. The van der Waals surface area contributed by atoms with Crippen molar-refractivity contribution in [1.29, 1.82) is 0 Å². The van der Waals surface area contributed by atoms with E-state index in [-0.39, 0.29) is 5.88 Å². The van der Waals surface area contributed by atoms with Gasteiger partial charge in [0.25, 0.3) is 0 Å². The number of alkyl halides is 1. The topological polar surface area (TPSA) is 72.7 Å². The predicted octanol–water partition coefficient (Wildman–Crippen LogP) is -0.622. The molecule has 0 aliphatic carbocycles. The van der Waals surface area contributed by atoms with Gasteiger partial charge in [-0.25, -0.2) is 0 Å². The number of halogens is 1. The number of aliphatic hydroxyl groups is 1. The molecule has 0 spiro atoms. The van der Waals surface area contributed by atoms with E-state index in [0.29, 0.717) is 17.7 Å². The quantitative estimate of drug-likeness (QED) is 0.401. The fraction of sp³-hybridized carbons (Fsp3) is 0.333. The first kappa shape index (κ1) is 12.3. The first-order valence-electron chi connectivity index (χ1n) is 4.57. The zero-order chi connectivity index (χ0) is 11.3. The van der Waals surface area contributed by atoms with Gasteiger partial charge in [0.05, 0.1) is 12.0 Å². The summed E-state index contributed by atoms with van der Waals surface area (Å²) in [6.07, 6.45) is -0.616. The number of rotatable bonds is 5. The molecule has 1 aromatic rings. The molecule has 0 radical (unpaired) electrons. The largest absolute Gasteiger partial charge is 0.488 e. The summed E-state index contributed by atoms with van der Waals surface area (Å²) in [7, 11) is -1.48. The molecule has 82 valence electrons. The lowest BCUT2D eigenvalue weighted by Crippen LogP contribution is -2.30. The van der Waals surface area contributed by atoms with E-state index in [9.17, 15) is 5.11 Å². The molecule has 1 atom stereocenters. The molecule has 0 saturated carbocycles. The molecule has 0 aliphatic heterocycles. The molecule has 0 aliphatic rings. The van der Waals surface area contributed by atoms with Gasteiger partial charge in [-0.3, -0.25) is 0 Å². The highest BCUT2D eigenvalue weighted by atomic mass is 35.5. The van der Waals surface area contributed by atoms with E-state index < -0.39 is 13.2 Å². The maximum atomic E-state index is 9.20. The van der Waals surface area contributed by atoms with Crippen LogP contribution in [0, 0.1) is 0 Å². The van der Waals surface area contributed by atoms with E-state index in [0.717, 1.165) is 0 Å². The first-order chi connectivity index (χ1) is 7.13. The summed E-state index contributed by atoms with van der Waals surface area (Å²) >= 11 is 5.43. The molecule has 1 aromatic carbocycles. The Morgan fingerprint density at radius 2 is 2.13 bits per heavy atom. The van der Waals surface area contributed by atoms with Crippen molar-refractivity contribution in [2.75, 3.05) is 17.7 Å². The molecular formula is C9H13BClNO3. The molecule has 4 N–H and O–H groups in total. The zero-order valence-electron chi connectivity index (χ0n) is 8.10. The van der Waals surface area contributed by atoms with Crippen LogP contribution in [-0.4, -0.2) is 40.8 Å². The lowest BCUT2D eigenvalue weighted by Gasteiger charge is -2.10. The Morgan fingerprint density at radius 1 is 1.40 bits per heavy atom. The molecule has 6 heteroatoms. The third kappa shape index (κ3) is 4.09. The van der Waals surface area contributed by atoms with Crippen LogP contribution in [0.25, 0.3) is 0 Å². The van der Waals surface area contributed by atoms with Crippen LogP contribution in [-0.2, 0) is 0 Å². The maximum absolute atomic E-state index is 9.20. The first-order valence-corrected chi connectivity index (χ1v) is 5.11. The van der Waals surface area contributed by atoms with Gasteiger partial charge >= 0.3 is 7.12 Å². The third-order valence-corrected chi connectivity index (χ3v) is 2.26. The number of aliphatic hydroxyl groups excluding tert-OH is 1. The van der Waals surface area contributed by atoms with Gasteiger partial charge in [-0.2, -0.15) is 0 Å².